The molecule has 0 spiro atoms. The third kappa shape index (κ3) is 36.0. The molecule has 0 bridgehead atoms. The molecule has 0 aromatic rings. The largest absolute Gasteiger partial charge is 0.389 e. The maximum Gasteiger partial charge on any atom is 0.130 e. The summed E-state index contributed by atoms with van der Waals surface area (Å²) in [5, 5.41) is 43.8. The smallest absolute Gasteiger partial charge is 0.130 e. The fraction of sp³-hybridized carbons (Fsp3) is 1.00. The maximum atomic E-state index is 10.4. The van der Waals surface area contributed by atoms with Gasteiger partial charge in [0.05, 0.1) is 130 Å². The van der Waals surface area contributed by atoms with Crippen molar-refractivity contribution in [3.8, 4) is 0 Å². The van der Waals surface area contributed by atoms with Crippen molar-refractivity contribution in [1.29, 1.82) is 0 Å². The number of epoxide rings is 4. The topological polar surface area (TPSA) is 237 Å². The van der Waals surface area contributed by atoms with Crippen LogP contribution in [0.3, 0.4) is 0 Å². The molecule has 6 aliphatic rings. The van der Waals surface area contributed by atoms with Gasteiger partial charge in [-0.2, -0.15) is 5.06 Å². The van der Waals surface area contributed by atoms with Crippen molar-refractivity contribution >= 4 is 23.2 Å². The van der Waals surface area contributed by atoms with Crippen LogP contribution in [-0.4, -0.2) is 280 Å². The molecular formula is C51H113Cl2N10O9+3. The molecule has 6 atom stereocenters. The van der Waals surface area contributed by atoms with Gasteiger partial charge in [-0.3, -0.25) is 4.90 Å². The van der Waals surface area contributed by atoms with Crippen LogP contribution in [0, 0.1) is 0 Å². The second-order valence-electron chi connectivity index (χ2n) is 24.9. The average Bonchev–Trinajstić information content (AvgIpc) is 4.05. The van der Waals surface area contributed by atoms with Crippen LogP contribution < -0.4 is 37.8 Å². The van der Waals surface area contributed by atoms with Crippen LogP contribution in [-0.2, 0) is 28.4 Å². The molecule has 6 heterocycles. The number of nitrogens with two attached hydrogens (primary N) is 2. The van der Waals surface area contributed by atoms with Gasteiger partial charge in [0.2, 0.25) is 0 Å². The number of halogens is 2. The van der Waals surface area contributed by atoms with Crippen molar-refractivity contribution in [1.82, 2.24) is 26.2 Å². The number of aliphatic hydroxyl groups is 2. The number of piperidine rings is 2. The van der Waals surface area contributed by atoms with Crippen LogP contribution in [0.25, 0.3) is 0 Å². The number of hydroxylamine groups is 2. The zero-order chi connectivity index (χ0) is 54.8. The lowest BCUT2D eigenvalue weighted by Crippen LogP contribution is -3.25. The van der Waals surface area contributed by atoms with Crippen LogP contribution >= 0.6 is 23.2 Å². The molecule has 0 aromatic heterocycles. The quantitative estimate of drug-likeness (QED) is 0.0239. The fourth-order valence-corrected chi connectivity index (χ4v) is 9.03. The van der Waals surface area contributed by atoms with E-state index < -0.39 is 12.2 Å². The Morgan fingerprint density at radius 2 is 0.875 bits per heavy atom. The molecule has 6 unspecified atom stereocenters. The number of likely N-dealkylation sites (tertiary alicyclic amines) is 1. The Balaban J connectivity index is 0.000000482. The molecule has 0 amide bonds. The van der Waals surface area contributed by atoms with E-state index in [1.54, 1.807) is 0 Å². The van der Waals surface area contributed by atoms with Crippen LogP contribution in [0.15, 0.2) is 0 Å². The summed E-state index contributed by atoms with van der Waals surface area (Å²) in [6, 6.07) is 0. The summed E-state index contributed by atoms with van der Waals surface area (Å²) < 4.78 is 33.6. The zero-order valence-electron chi connectivity index (χ0n) is 48.1. The molecule has 432 valence electrons. The number of rotatable bonds is 26. The number of nitrogens with zero attached hydrogens (tertiary/aromatic N) is 3. The molecule has 19 nitrogen and oxygen atoms in total. The predicted molar refractivity (Wildman–Crippen MR) is 293 cm³/mol. The van der Waals surface area contributed by atoms with E-state index >= 15 is 0 Å². The van der Waals surface area contributed by atoms with Gasteiger partial charge < -0.3 is 80.3 Å². The summed E-state index contributed by atoms with van der Waals surface area (Å²) in [7, 11) is 15.3. The number of aliphatic hydroxyl groups excluding tert-OH is 2. The molecule has 6 rings (SSSR count). The maximum absolute atomic E-state index is 10.4. The number of likely N-dealkylation sites (N-methyl/N-ethyl adjacent to an activating group) is 2. The first-order chi connectivity index (χ1) is 33.4. The Hall–Kier alpha value is -0.180. The lowest BCUT2D eigenvalue weighted by atomic mass is 9.79. The van der Waals surface area contributed by atoms with Crippen LogP contribution in [0.2, 0.25) is 0 Å². The minimum absolute atomic E-state index is 0.0665. The summed E-state index contributed by atoms with van der Waals surface area (Å²) in [5.41, 5.74) is 10.5. The summed E-state index contributed by atoms with van der Waals surface area (Å²) in [6.45, 7) is 31.3. The number of alkyl halides is 2. The van der Waals surface area contributed by atoms with Gasteiger partial charge in [0, 0.05) is 89.4 Å². The van der Waals surface area contributed by atoms with Crippen molar-refractivity contribution in [2.45, 2.75) is 152 Å². The first-order valence-electron chi connectivity index (χ1n) is 26.7. The van der Waals surface area contributed by atoms with Gasteiger partial charge in [-0.1, -0.05) is 0 Å². The van der Waals surface area contributed by atoms with Gasteiger partial charge in [-0.25, -0.2) is 5.21 Å². The van der Waals surface area contributed by atoms with E-state index in [0.717, 1.165) is 113 Å². The molecule has 6 fully saturated rings. The van der Waals surface area contributed by atoms with Crippen molar-refractivity contribution in [3.63, 3.8) is 0 Å². The number of hydrogen-bond acceptors (Lipinski definition) is 16. The van der Waals surface area contributed by atoms with Gasteiger partial charge in [-0.05, 0) is 75.3 Å². The Morgan fingerprint density at radius 3 is 1.12 bits per heavy atom. The van der Waals surface area contributed by atoms with E-state index in [-0.39, 0.29) is 34.4 Å². The van der Waals surface area contributed by atoms with E-state index in [0.29, 0.717) is 80.6 Å². The molecular weight excluding hydrogens is 968 g/mol. The SMILES string of the molecule is CC1(C)CC(OCC(O)CNCCNCCN)CC(C)(C)[NH+]1O.CN1C(C)(C)CC(OCC(O)CNCCNCCN)CC1(C)C.C[N+](C)(C)CC1CO1.C[N+](C)(C)CC1CO1.ClCC1CO1.ClCC1CO1. The molecule has 12 N–H and O–H groups in total. The minimum atomic E-state index is -0.518. The molecule has 6 saturated heterocycles. The average molecular weight is 1080 g/mol. The standard InChI is InChI=1S/C17H38N4O2.C16H36N4O3.2C6H14NO.2C3H5ClO/c1-16(2)10-15(11-17(3,4)21(16)5)23-13-14(22)12-20-9-8-19-7-6-18;1-15(2)9-14(10-16(3,4)20(15)22)23-12-13(21)11-19-8-7-18-6-5-17;2*1-7(2,3)4-6-5-8-6;2*4-1-3-2-5-3/h14-15,19-20,22H,6-13,18H2,1-5H3;13-14,18-19,21-22H,5-12,17H2,1-4H3;2*6H,4-5H2,1-3H3;2*3H,1-2H2/q;;2*+1;;/p+1. The number of quaternary nitrogens is 3. The molecule has 0 aromatic carbocycles. The van der Waals surface area contributed by atoms with Crippen LogP contribution in [0.5, 0.6) is 0 Å². The van der Waals surface area contributed by atoms with Gasteiger partial charge >= 0.3 is 0 Å². The predicted octanol–water partition coefficient (Wildman–Crippen LogP) is 0.0795. The molecule has 0 radical (unpaired) electrons. The molecule has 6 aliphatic heterocycles. The summed E-state index contributed by atoms with van der Waals surface area (Å²) in [6.07, 6.45) is 4.78. The summed E-state index contributed by atoms with van der Waals surface area (Å²) in [5.74, 6) is 1.33. The van der Waals surface area contributed by atoms with Gasteiger partial charge in [-0.15, -0.1) is 23.2 Å². The molecule has 0 aliphatic carbocycles. The number of nitrogens with one attached hydrogen (secondary N) is 5. The van der Waals surface area contributed by atoms with E-state index in [9.17, 15) is 15.4 Å². The third-order valence-corrected chi connectivity index (χ3v) is 13.6. The molecule has 21 heteroatoms. The van der Waals surface area contributed by atoms with Crippen LogP contribution in [0.4, 0.5) is 0 Å². The highest BCUT2D eigenvalue weighted by atomic mass is 35.5. The summed E-state index contributed by atoms with van der Waals surface area (Å²) >= 11 is 10.5. The van der Waals surface area contributed by atoms with Gasteiger partial charge in [0.1, 0.15) is 36.4 Å². The monoisotopic (exact) mass is 1080 g/mol. The molecule has 72 heavy (non-hydrogen) atoms. The van der Waals surface area contributed by atoms with E-state index in [1.165, 1.54) is 0 Å². The Bertz CT molecular complexity index is 1230. The van der Waals surface area contributed by atoms with E-state index in [2.05, 4.69) is 103 Å². The second-order valence-corrected chi connectivity index (χ2v) is 25.5. The second kappa shape index (κ2) is 34.6. The fourth-order valence-electron chi connectivity index (χ4n) is 8.68. The lowest BCUT2D eigenvalue weighted by Gasteiger charge is -2.53. The van der Waals surface area contributed by atoms with Crippen molar-refractivity contribution in [3.05, 3.63) is 0 Å². The van der Waals surface area contributed by atoms with Crippen molar-refractivity contribution < 1.29 is 57.9 Å². The molecule has 0 saturated carbocycles. The van der Waals surface area contributed by atoms with Crippen molar-refractivity contribution in [2.24, 2.45) is 11.5 Å². The highest BCUT2D eigenvalue weighted by Gasteiger charge is 2.50. The zero-order valence-corrected chi connectivity index (χ0v) is 49.6. The number of ether oxygens (including phenoxy) is 6. The van der Waals surface area contributed by atoms with E-state index in [4.69, 9.17) is 63.1 Å². The Kier molecular flexibility index (Phi) is 33.6. The first-order valence-corrected chi connectivity index (χ1v) is 27.8. The van der Waals surface area contributed by atoms with Crippen LogP contribution in [0.1, 0.15) is 81.1 Å². The van der Waals surface area contributed by atoms with Gasteiger partial charge in [0.25, 0.3) is 0 Å². The Morgan fingerprint density at radius 1 is 0.569 bits per heavy atom. The minimum Gasteiger partial charge on any atom is -0.389 e. The van der Waals surface area contributed by atoms with E-state index in [1.807, 2.05) is 27.7 Å². The lowest BCUT2D eigenvalue weighted by molar-refractivity contribution is -1.16. The first kappa shape index (κ1) is 69.8. The number of hydrogen-bond donors (Lipinski definition) is 10. The summed E-state index contributed by atoms with van der Waals surface area (Å²) in [4.78, 5) is 2.44. The van der Waals surface area contributed by atoms with Crippen molar-refractivity contribution in [2.75, 3.05) is 179 Å². The Labute approximate surface area is 448 Å². The van der Waals surface area contributed by atoms with Gasteiger partial charge in [0.15, 0.2) is 0 Å². The normalized spacial score (nSPS) is 27.2. The highest BCUT2D eigenvalue weighted by molar-refractivity contribution is 6.18. The highest BCUT2D eigenvalue weighted by Crippen LogP contribution is 2.38. The third-order valence-electron chi connectivity index (χ3n) is 12.9.